The molecule has 0 radical (unpaired) electrons. The number of hydrogen-bond donors (Lipinski definition) is 0. The molecule has 1 aromatic heterocycles. The van der Waals surface area contributed by atoms with Crippen LogP contribution in [0.2, 0.25) is 5.15 Å². The Morgan fingerprint density at radius 3 is 2.57 bits per heavy atom. The van der Waals surface area contributed by atoms with Crippen molar-refractivity contribution in [3.05, 3.63) is 83.0 Å². The molecule has 1 heterocycles. The first-order chi connectivity index (χ1) is 10.2. The Morgan fingerprint density at radius 2 is 1.81 bits per heavy atom. The maximum atomic E-state index is 13.2. The molecule has 0 saturated carbocycles. The van der Waals surface area contributed by atoms with Gasteiger partial charge in [-0.3, -0.25) is 0 Å². The van der Waals surface area contributed by atoms with Crippen LogP contribution in [0.1, 0.15) is 11.3 Å². The van der Waals surface area contributed by atoms with E-state index < -0.39 is 0 Å². The molecule has 0 fully saturated rings. The third-order valence-corrected chi connectivity index (χ3v) is 3.44. The van der Waals surface area contributed by atoms with E-state index in [1.807, 2.05) is 36.4 Å². The largest absolute Gasteiger partial charge is 0.248 e. The predicted octanol–water partition coefficient (Wildman–Crippen LogP) is 4.53. The van der Waals surface area contributed by atoms with Gasteiger partial charge in [-0.05, 0) is 17.7 Å². The second-order valence-electron chi connectivity index (χ2n) is 4.67. The highest BCUT2D eigenvalue weighted by Crippen LogP contribution is 2.21. The van der Waals surface area contributed by atoms with Crippen molar-refractivity contribution in [3.63, 3.8) is 0 Å². The van der Waals surface area contributed by atoms with E-state index in [-0.39, 0.29) is 5.82 Å². The van der Waals surface area contributed by atoms with E-state index in [2.05, 4.69) is 9.97 Å². The van der Waals surface area contributed by atoms with E-state index in [9.17, 15) is 4.39 Å². The molecule has 0 spiro atoms. The number of nitrogens with zero attached hydrogens (tertiary/aromatic N) is 2. The number of hydrogen-bond acceptors (Lipinski definition) is 2. The summed E-state index contributed by atoms with van der Waals surface area (Å²) in [7, 11) is 0. The van der Waals surface area contributed by atoms with E-state index >= 15 is 0 Å². The maximum Gasteiger partial charge on any atom is 0.150 e. The Morgan fingerprint density at radius 1 is 1.00 bits per heavy atom. The minimum Gasteiger partial charge on any atom is -0.248 e. The molecule has 3 aromatic rings. The molecule has 2 nitrogen and oxygen atoms in total. The molecule has 4 heteroatoms. The van der Waals surface area contributed by atoms with Gasteiger partial charge in [-0.15, -0.1) is 0 Å². The number of rotatable bonds is 3. The van der Waals surface area contributed by atoms with Crippen molar-refractivity contribution in [1.82, 2.24) is 9.97 Å². The Balaban J connectivity index is 1.95. The molecule has 21 heavy (non-hydrogen) atoms. The fourth-order valence-corrected chi connectivity index (χ4v) is 2.27. The van der Waals surface area contributed by atoms with Crippen LogP contribution in [-0.2, 0) is 6.42 Å². The molecule has 0 amide bonds. The van der Waals surface area contributed by atoms with Gasteiger partial charge in [-0.1, -0.05) is 54.1 Å². The summed E-state index contributed by atoms with van der Waals surface area (Å²) in [5, 5.41) is 0.346. The van der Waals surface area contributed by atoms with Gasteiger partial charge >= 0.3 is 0 Å². The van der Waals surface area contributed by atoms with Crippen molar-refractivity contribution in [2.24, 2.45) is 0 Å². The van der Waals surface area contributed by atoms with Crippen molar-refractivity contribution in [2.75, 3.05) is 0 Å². The molecule has 0 aliphatic heterocycles. The first kappa shape index (κ1) is 13.7. The molecular formula is C17H12ClFN2. The first-order valence-electron chi connectivity index (χ1n) is 6.53. The molecule has 0 aliphatic carbocycles. The van der Waals surface area contributed by atoms with Crippen LogP contribution < -0.4 is 0 Å². The lowest BCUT2D eigenvalue weighted by molar-refractivity contribution is 0.626. The average molecular weight is 299 g/mol. The molecule has 3 rings (SSSR count). The summed E-state index contributed by atoms with van der Waals surface area (Å²) in [6, 6.07) is 16.2. The van der Waals surface area contributed by atoms with Crippen LogP contribution in [-0.4, -0.2) is 9.97 Å². The molecule has 0 atom stereocenters. The number of halogens is 2. The van der Waals surface area contributed by atoms with Crippen molar-refractivity contribution in [2.45, 2.75) is 6.42 Å². The Bertz CT molecular complexity index is 760. The number of benzene rings is 2. The summed E-state index contributed by atoms with van der Waals surface area (Å²) in [4.78, 5) is 8.73. The lowest BCUT2D eigenvalue weighted by Gasteiger charge is -2.06. The van der Waals surface area contributed by atoms with Crippen LogP contribution in [0.15, 0.2) is 60.8 Å². The fourth-order valence-electron chi connectivity index (χ4n) is 2.11. The average Bonchev–Trinajstić information content (AvgIpc) is 2.50. The smallest absolute Gasteiger partial charge is 0.150 e. The topological polar surface area (TPSA) is 25.8 Å². The summed E-state index contributed by atoms with van der Waals surface area (Å²) in [5.74, 6) is -0.268. The fraction of sp³-hybridized carbons (Fsp3) is 0.0588. The first-order valence-corrected chi connectivity index (χ1v) is 6.91. The van der Waals surface area contributed by atoms with Gasteiger partial charge in [0.25, 0.3) is 0 Å². The van der Waals surface area contributed by atoms with Crippen molar-refractivity contribution >= 4 is 11.6 Å². The monoisotopic (exact) mass is 298 g/mol. The highest BCUT2D eigenvalue weighted by Gasteiger charge is 2.08. The molecule has 0 N–H and O–H groups in total. The minimum atomic E-state index is -0.268. The second-order valence-corrected chi connectivity index (χ2v) is 5.02. The molecule has 0 saturated heterocycles. The van der Waals surface area contributed by atoms with E-state index in [0.29, 0.717) is 17.3 Å². The molecule has 2 aromatic carbocycles. The Kier molecular flexibility index (Phi) is 3.93. The molecule has 0 aliphatic rings. The third kappa shape index (κ3) is 3.26. The van der Waals surface area contributed by atoms with Gasteiger partial charge in [0, 0.05) is 12.0 Å². The Hall–Kier alpha value is -2.26. The van der Waals surface area contributed by atoms with Gasteiger partial charge in [0.15, 0.2) is 5.15 Å². The second kappa shape index (κ2) is 6.02. The van der Waals surface area contributed by atoms with E-state index in [1.54, 1.807) is 12.3 Å². The highest BCUT2D eigenvalue weighted by molar-refractivity contribution is 6.30. The van der Waals surface area contributed by atoms with E-state index in [0.717, 1.165) is 16.8 Å². The third-order valence-electron chi connectivity index (χ3n) is 3.12. The summed E-state index contributed by atoms with van der Waals surface area (Å²) in [6.45, 7) is 0. The molecule has 0 bridgehead atoms. The lowest BCUT2D eigenvalue weighted by Crippen LogP contribution is -1.98. The van der Waals surface area contributed by atoms with Crippen LogP contribution in [0.5, 0.6) is 0 Å². The Labute approximate surface area is 127 Å². The van der Waals surface area contributed by atoms with Gasteiger partial charge in [0.2, 0.25) is 0 Å². The van der Waals surface area contributed by atoms with Crippen LogP contribution in [0, 0.1) is 5.82 Å². The zero-order valence-electron chi connectivity index (χ0n) is 11.1. The van der Waals surface area contributed by atoms with Gasteiger partial charge in [0.05, 0.1) is 17.6 Å². The lowest BCUT2D eigenvalue weighted by atomic mass is 10.1. The standard InChI is InChI=1S/C17H12ClFN2/c18-17-15(10-12-5-4-8-14(19)9-12)21-16(11-20-17)13-6-2-1-3-7-13/h1-9,11H,10H2. The van der Waals surface area contributed by atoms with Gasteiger partial charge < -0.3 is 0 Å². The van der Waals surface area contributed by atoms with Crippen LogP contribution >= 0.6 is 11.6 Å². The van der Waals surface area contributed by atoms with Gasteiger partial charge in [0.1, 0.15) is 5.82 Å². The summed E-state index contributed by atoms with van der Waals surface area (Å²) >= 11 is 6.11. The van der Waals surface area contributed by atoms with Crippen molar-refractivity contribution in [1.29, 1.82) is 0 Å². The van der Waals surface area contributed by atoms with Crippen molar-refractivity contribution < 1.29 is 4.39 Å². The summed E-state index contributed by atoms with van der Waals surface area (Å²) in [5.41, 5.74) is 3.19. The van der Waals surface area contributed by atoms with Gasteiger partial charge in [-0.2, -0.15) is 0 Å². The molecule has 104 valence electrons. The van der Waals surface area contributed by atoms with Crippen molar-refractivity contribution in [3.8, 4) is 11.3 Å². The highest BCUT2D eigenvalue weighted by atomic mass is 35.5. The predicted molar refractivity (Wildman–Crippen MR) is 81.7 cm³/mol. The zero-order chi connectivity index (χ0) is 14.7. The summed E-state index contributed by atoms with van der Waals surface area (Å²) < 4.78 is 13.2. The summed E-state index contributed by atoms with van der Waals surface area (Å²) in [6.07, 6.45) is 2.09. The maximum absolute atomic E-state index is 13.2. The van der Waals surface area contributed by atoms with Crippen LogP contribution in [0.3, 0.4) is 0 Å². The quantitative estimate of drug-likeness (QED) is 0.710. The number of aromatic nitrogens is 2. The van der Waals surface area contributed by atoms with E-state index in [4.69, 9.17) is 11.6 Å². The SMILES string of the molecule is Fc1cccc(Cc2nc(-c3ccccc3)cnc2Cl)c1. The zero-order valence-corrected chi connectivity index (χ0v) is 11.9. The van der Waals surface area contributed by atoms with Crippen LogP contribution in [0.4, 0.5) is 4.39 Å². The minimum absolute atomic E-state index is 0.268. The molecule has 0 unspecified atom stereocenters. The van der Waals surface area contributed by atoms with E-state index in [1.165, 1.54) is 12.1 Å². The normalized spacial score (nSPS) is 10.6. The van der Waals surface area contributed by atoms with Crippen LogP contribution in [0.25, 0.3) is 11.3 Å². The molecular weight excluding hydrogens is 287 g/mol. The van der Waals surface area contributed by atoms with Gasteiger partial charge in [-0.25, -0.2) is 14.4 Å².